The average Bonchev–Trinajstić information content (AvgIpc) is 2.64. The molecule has 4 nitrogen and oxygen atoms in total. The lowest BCUT2D eigenvalue weighted by atomic mass is 10.2. The quantitative estimate of drug-likeness (QED) is 0.756. The van der Waals surface area contributed by atoms with Crippen molar-refractivity contribution in [2.45, 2.75) is 27.7 Å². The van der Waals surface area contributed by atoms with Crippen LogP contribution < -0.4 is 9.80 Å². The zero-order valence-electron chi connectivity index (χ0n) is 16.7. The third kappa shape index (κ3) is 7.46. The summed E-state index contributed by atoms with van der Waals surface area (Å²) in [4.78, 5) is 4.32. The van der Waals surface area contributed by atoms with E-state index in [9.17, 15) is 0 Å². The molecule has 0 aliphatic carbocycles. The first-order valence-electron chi connectivity index (χ1n) is 9.40. The fourth-order valence-electron chi connectivity index (χ4n) is 2.83. The Morgan fingerprint density at radius 1 is 0.692 bits per heavy atom. The molecule has 0 aliphatic rings. The maximum Gasteiger partial charge on any atom is 0.0606 e. The standard InChI is InChI=1S/2C11H17NO/c2*1-3-12(7-8-13)11-6-4-5-10(2)9-11/h2*4-6,9,13H,3,7-8H2,1-2H3. The fraction of sp³-hybridized carbons (Fsp3) is 0.455. The van der Waals surface area contributed by atoms with Gasteiger partial charge in [0, 0.05) is 37.6 Å². The van der Waals surface area contributed by atoms with Crippen molar-refractivity contribution in [1.82, 2.24) is 0 Å². The molecule has 0 amide bonds. The van der Waals surface area contributed by atoms with Crippen molar-refractivity contribution >= 4 is 11.4 Å². The Balaban J connectivity index is 0.000000260. The second kappa shape index (κ2) is 12.3. The van der Waals surface area contributed by atoms with Gasteiger partial charge in [-0.2, -0.15) is 0 Å². The summed E-state index contributed by atoms with van der Waals surface area (Å²) >= 11 is 0. The molecule has 0 aliphatic heterocycles. The second-order valence-electron chi connectivity index (χ2n) is 6.28. The van der Waals surface area contributed by atoms with Crippen LogP contribution in [0, 0.1) is 13.8 Å². The molecule has 0 unspecified atom stereocenters. The zero-order valence-corrected chi connectivity index (χ0v) is 16.7. The number of hydrogen-bond donors (Lipinski definition) is 2. The van der Waals surface area contributed by atoms with Crippen LogP contribution in [0.2, 0.25) is 0 Å². The number of hydrogen-bond acceptors (Lipinski definition) is 4. The van der Waals surface area contributed by atoms with E-state index in [4.69, 9.17) is 10.2 Å². The van der Waals surface area contributed by atoms with Crippen LogP contribution in [0.25, 0.3) is 0 Å². The van der Waals surface area contributed by atoms with E-state index in [2.05, 4.69) is 73.9 Å². The van der Waals surface area contributed by atoms with Gasteiger partial charge in [-0.3, -0.25) is 0 Å². The Morgan fingerprint density at radius 2 is 1.08 bits per heavy atom. The lowest BCUT2D eigenvalue weighted by Crippen LogP contribution is -2.26. The van der Waals surface area contributed by atoms with Gasteiger partial charge in [0.15, 0.2) is 0 Å². The Bertz CT molecular complexity index is 576. The van der Waals surface area contributed by atoms with Gasteiger partial charge in [0.05, 0.1) is 13.2 Å². The minimum absolute atomic E-state index is 0.210. The van der Waals surface area contributed by atoms with Crippen molar-refractivity contribution < 1.29 is 10.2 Å². The van der Waals surface area contributed by atoms with Crippen molar-refractivity contribution in [2.24, 2.45) is 0 Å². The SMILES string of the molecule is CCN(CCO)c1cccc(C)c1.CCN(CCO)c1cccc(C)c1. The molecule has 144 valence electrons. The molecule has 0 atom stereocenters. The second-order valence-corrected chi connectivity index (χ2v) is 6.28. The van der Waals surface area contributed by atoms with E-state index in [1.165, 1.54) is 22.5 Å². The summed E-state index contributed by atoms with van der Waals surface area (Å²) in [5.41, 5.74) is 4.90. The first-order chi connectivity index (χ1) is 12.5. The molecular weight excluding hydrogens is 324 g/mol. The molecule has 0 radical (unpaired) electrons. The van der Waals surface area contributed by atoms with Crippen LogP contribution in [0.1, 0.15) is 25.0 Å². The molecule has 0 bridgehead atoms. The fourth-order valence-corrected chi connectivity index (χ4v) is 2.83. The Morgan fingerprint density at radius 3 is 1.35 bits per heavy atom. The smallest absolute Gasteiger partial charge is 0.0606 e. The molecule has 0 saturated heterocycles. The number of nitrogens with zero attached hydrogens (tertiary/aromatic N) is 2. The number of aryl methyl sites for hydroxylation is 2. The molecule has 2 aromatic carbocycles. The molecule has 26 heavy (non-hydrogen) atoms. The number of aliphatic hydroxyl groups excluding tert-OH is 2. The summed E-state index contributed by atoms with van der Waals surface area (Å²) in [6, 6.07) is 16.7. The predicted molar refractivity (Wildman–Crippen MR) is 112 cm³/mol. The van der Waals surface area contributed by atoms with Crippen LogP contribution in [0.15, 0.2) is 48.5 Å². The monoisotopic (exact) mass is 358 g/mol. The van der Waals surface area contributed by atoms with Crippen molar-refractivity contribution in [3.8, 4) is 0 Å². The van der Waals surface area contributed by atoms with E-state index in [-0.39, 0.29) is 13.2 Å². The Labute approximate surface area is 158 Å². The molecule has 4 heteroatoms. The van der Waals surface area contributed by atoms with Gasteiger partial charge in [-0.25, -0.2) is 0 Å². The summed E-state index contributed by atoms with van der Waals surface area (Å²) < 4.78 is 0. The van der Waals surface area contributed by atoms with E-state index in [0.717, 1.165) is 13.1 Å². The maximum atomic E-state index is 8.86. The highest BCUT2D eigenvalue weighted by atomic mass is 16.3. The first-order valence-corrected chi connectivity index (χ1v) is 9.40. The topological polar surface area (TPSA) is 46.9 Å². The van der Waals surface area contributed by atoms with Crippen LogP contribution in [0.5, 0.6) is 0 Å². The van der Waals surface area contributed by atoms with Gasteiger partial charge in [0.1, 0.15) is 0 Å². The summed E-state index contributed by atoms with van der Waals surface area (Å²) in [7, 11) is 0. The molecule has 2 rings (SSSR count). The largest absolute Gasteiger partial charge is 0.395 e. The van der Waals surface area contributed by atoms with Crippen molar-refractivity contribution in [2.75, 3.05) is 49.2 Å². The van der Waals surface area contributed by atoms with Gasteiger partial charge in [0.2, 0.25) is 0 Å². The molecule has 0 saturated carbocycles. The van der Waals surface area contributed by atoms with Crippen LogP contribution in [-0.2, 0) is 0 Å². The number of anilines is 2. The van der Waals surface area contributed by atoms with E-state index >= 15 is 0 Å². The lowest BCUT2D eigenvalue weighted by Gasteiger charge is -2.22. The zero-order chi connectivity index (χ0) is 19.4. The van der Waals surface area contributed by atoms with Crippen molar-refractivity contribution in [3.05, 3.63) is 59.7 Å². The summed E-state index contributed by atoms with van der Waals surface area (Å²) in [6.07, 6.45) is 0. The molecule has 2 aromatic rings. The van der Waals surface area contributed by atoms with Gasteiger partial charge in [-0.05, 0) is 63.1 Å². The van der Waals surface area contributed by atoms with Crippen molar-refractivity contribution in [1.29, 1.82) is 0 Å². The van der Waals surface area contributed by atoms with Crippen LogP contribution >= 0.6 is 0 Å². The number of rotatable bonds is 8. The first kappa shape index (κ1) is 22.0. The normalized spacial score (nSPS) is 10.1. The van der Waals surface area contributed by atoms with E-state index in [0.29, 0.717) is 13.1 Å². The Kier molecular flexibility index (Phi) is 10.4. The highest BCUT2D eigenvalue weighted by Gasteiger charge is 2.02. The van der Waals surface area contributed by atoms with Gasteiger partial charge >= 0.3 is 0 Å². The summed E-state index contributed by atoms with van der Waals surface area (Å²) in [5, 5.41) is 17.7. The van der Waals surface area contributed by atoms with E-state index in [1.54, 1.807) is 0 Å². The molecule has 0 heterocycles. The van der Waals surface area contributed by atoms with Gasteiger partial charge in [0.25, 0.3) is 0 Å². The highest BCUT2D eigenvalue weighted by molar-refractivity contribution is 5.48. The Hall–Kier alpha value is -2.04. The number of likely N-dealkylation sites (N-methyl/N-ethyl adjacent to an activating group) is 2. The molecule has 2 N–H and O–H groups in total. The predicted octanol–water partition coefficient (Wildman–Crippen LogP) is 3.63. The van der Waals surface area contributed by atoms with Gasteiger partial charge in [-0.1, -0.05) is 24.3 Å². The third-order valence-corrected chi connectivity index (χ3v) is 4.24. The third-order valence-electron chi connectivity index (χ3n) is 4.24. The minimum atomic E-state index is 0.210. The molecule has 0 aromatic heterocycles. The van der Waals surface area contributed by atoms with Crippen LogP contribution in [0.4, 0.5) is 11.4 Å². The van der Waals surface area contributed by atoms with Crippen molar-refractivity contribution in [3.63, 3.8) is 0 Å². The minimum Gasteiger partial charge on any atom is -0.395 e. The van der Waals surface area contributed by atoms with Crippen LogP contribution in [0.3, 0.4) is 0 Å². The number of benzene rings is 2. The van der Waals surface area contributed by atoms with Gasteiger partial charge < -0.3 is 20.0 Å². The van der Waals surface area contributed by atoms with Gasteiger partial charge in [-0.15, -0.1) is 0 Å². The van der Waals surface area contributed by atoms with E-state index in [1.807, 2.05) is 12.1 Å². The summed E-state index contributed by atoms with van der Waals surface area (Å²) in [6.45, 7) is 12.1. The van der Waals surface area contributed by atoms with Crippen LogP contribution in [-0.4, -0.2) is 49.6 Å². The molecule has 0 fully saturated rings. The molecule has 0 spiro atoms. The molecular formula is C22H34N2O2. The van der Waals surface area contributed by atoms with E-state index < -0.39 is 0 Å². The lowest BCUT2D eigenvalue weighted by molar-refractivity contribution is 0.302. The number of aliphatic hydroxyl groups is 2. The average molecular weight is 359 g/mol. The highest BCUT2D eigenvalue weighted by Crippen LogP contribution is 2.15. The summed E-state index contributed by atoms with van der Waals surface area (Å²) in [5.74, 6) is 0. The maximum absolute atomic E-state index is 8.86.